The molecule has 1 atom stereocenters. The first-order chi connectivity index (χ1) is 7.76. The van der Waals surface area contributed by atoms with Crippen molar-refractivity contribution in [3.05, 3.63) is 29.8 Å². The minimum atomic E-state index is -0.0798. The quantitative estimate of drug-likeness (QED) is 0.752. The molecule has 1 aromatic rings. The normalized spacial score (nSPS) is 11.2. The van der Waals surface area contributed by atoms with Crippen molar-refractivity contribution in [1.82, 2.24) is 5.32 Å². The number of benzene rings is 1. The van der Waals surface area contributed by atoms with Crippen molar-refractivity contribution >= 4 is 6.29 Å². The Hall–Kier alpha value is -1.35. The van der Waals surface area contributed by atoms with Gasteiger partial charge in [-0.2, -0.15) is 0 Å². The van der Waals surface area contributed by atoms with Gasteiger partial charge in [0.05, 0.1) is 6.04 Å². The number of carbonyl (C=O) groups excluding carboxylic acids is 1. The van der Waals surface area contributed by atoms with Crippen LogP contribution in [-0.2, 0) is 11.2 Å². The molecular weight excluding hydrogens is 202 g/mol. The second-order valence-corrected chi connectivity index (χ2v) is 3.24. The number of carbonyl (C=O) groups is 1. The van der Waals surface area contributed by atoms with E-state index in [-0.39, 0.29) is 11.8 Å². The summed E-state index contributed by atoms with van der Waals surface area (Å²) in [6, 6.07) is 6.97. The maximum Gasteiger partial charge on any atom is 0.136 e. The fourth-order valence-corrected chi connectivity index (χ4v) is 1.27. The molecule has 0 unspecified atom stereocenters. The van der Waals surface area contributed by atoms with Gasteiger partial charge in [0.25, 0.3) is 0 Å². The fourth-order valence-electron chi connectivity index (χ4n) is 1.27. The first-order valence-corrected chi connectivity index (χ1v) is 5.66. The van der Waals surface area contributed by atoms with Gasteiger partial charge in [0.2, 0.25) is 0 Å². The minimum Gasteiger partial charge on any atom is -0.508 e. The van der Waals surface area contributed by atoms with E-state index in [0.29, 0.717) is 0 Å². The molecule has 2 N–H and O–H groups in total. The maximum absolute atomic E-state index is 10.5. The number of likely N-dealkylation sites (N-methyl/N-ethyl adjacent to an activating group) is 1. The number of phenols is 1. The molecule has 3 heteroatoms. The average molecular weight is 223 g/mol. The van der Waals surface area contributed by atoms with Gasteiger partial charge < -0.3 is 15.2 Å². The number of nitrogens with one attached hydrogen (secondary N) is 1. The summed E-state index contributed by atoms with van der Waals surface area (Å²) >= 11 is 0. The number of aromatic hydroxyl groups is 1. The zero-order valence-corrected chi connectivity index (χ0v) is 10.2. The first-order valence-electron chi connectivity index (χ1n) is 5.66. The maximum atomic E-state index is 10.5. The molecule has 0 heterocycles. The average Bonchev–Trinajstić information content (AvgIpc) is 2.35. The van der Waals surface area contributed by atoms with Gasteiger partial charge >= 0.3 is 0 Å². The predicted octanol–water partition coefficient (Wildman–Crippen LogP) is 2.14. The molecule has 0 saturated carbocycles. The van der Waals surface area contributed by atoms with Crippen molar-refractivity contribution in [3.8, 4) is 5.75 Å². The first kappa shape index (κ1) is 14.6. The third-order valence-corrected chi connectivity index (χ3v) is 2.22. The van der Waals surface area contributed by atoms with Crippen LogP contribution >= 0.6 is 0 Å². The van der Waals surface area contributed by atoms with E-state index in [0.717, 1.165) is 24.7 Å². The zero-order chi connectivity index (χ0) is 12.4. The Balaban J connectivity index is 0.00000106. The van der Waals surface area contributed by atoms with Crippen LogP contribution in [0.2, 0.25) is 0 Å². The van der Waals surface area contributed by atoms with Crippen molar-refractivity contribution in [1.29, 1.82) is 0 Å². The van der Waals surface area contributed by atoms with Crippen molar-refractivity contribution < 1.29 is 9.90 Å². The van der Waals surface area contributed by atoms with Gasteiger partial charge in [-0.05, 0) is 37.6 Å². The van der Waals surface area contributed by atoms with Crippen LogP contribution in [0.25, 0.3) is 0 Å². The Labute approximate surface area is 97.5 Å². The summed E-state index contributed by atoms with van der Waals surface area (Å²) in [4.78, 5) is 10.5. The van der Waals surface area contributed by atoms with Crippen LogP contribution in [-0.4, -0.2) is 24.5 Å². The van der Waals surface area contributed by atoms with Crippen LogP contribution in [0, 0.1) is 0 Å². The Bertz CT molecular complexity index is 282. The fraction of sp³-hybridized carbons (Fsp3) is 0.462. The monoisotopic (exact) mass is 223 g/mol. The van der Waals surface area contributed by atoms with Crippen molar-refractivity contribution in [2.75, 3.05) is 7.05 Å². The van der Waals surface area contributed by atoms with Crippen LogP contribution in [0.15, 0.2) is 24.3 Å². The Kier molecular flexibility index (Phi) is 8.17. The molecule has 0 amide bonds. The number of aryl methyl sites for hydroxylation is 1. The van der Waals surface area contributed by atoms with Crippen LogP contribution in [0.1, 0.15) is 25.8 Å². The minimum absolute atomic E-state index is 0.0798. The third-order valence-electron chi connectivity index (χ3n) is 2.22. The van der Waals surface area contributed by atoms with E-state index in [1.165, 1.54) is 0 Å². The van der Waals surface area contributed by atoms with E-state index in [1.807, 2.05) is 26.0 Å². The van der Waals surface area contributed by atoms with Gasteiger partial charge in [-0.15, -0.1) is 0 Å². The Morgan fingerprint density at radius 3 is 2.31 bits per heavy atom. The summed E-state index contributed by atoms with van der Waals surface area (Å²) in [6.45, 7) is 4.00. The van der Waals surface area contributed by atoms with Crippen LogP contribution in [0.4, 0.5) is 0 Å². The third kappa shape index (κ3) is 5.51. The molecule has 0 bridgehead atoms. The smallest absolute Gasteiger partial charge is 0.136 e. The summed E-state index contributed by atoms with van der Waals surface area (Å²) in [5, 5.41) is 12.0. The molecule has 1 rings (SSSR count). The summed E-state index contributed by atoms with van der Waals surface area (Å²) in [5.41, 5.74) is 1.13. The van der Waals surface area contributed by atoms with E-state index in [1.54, 1.807) is 19.2 Å². The summed E-state index contributed by atoms with van der Waals surface area (Å²) in [7, 11) is 1.77. The lowest BCUT2D eigenvalue weighted by Gasteiger charge is -2.08. The SMILES string of the molecule is CC.CN[C@H](C=O)CCc1ccc(O)cc1. The topological polar surface area (TPSA) is 49.3 Å². The lowest BCUT2D eigenvalue weighted by molar-refractivity contribution is -0.109. The van der Waals surface area contributed by atoms with Crippen molar-refractivity contribution in [2.45, 2.75) is 32.7 Å². The molecule has 0 aromatic heterocycles. The van der Waals surface area contributed by atoms with Crippen molar-refractivity contribution in [2.24, 2.45) is 0 Å². The van der Waals surface area contributed by atoms with E-state index in [9.17, 15) is 4.79 Å². The highest BCUT2D eigenvalue weighted by atomic mass is 16.3. The van der Waals surface area contributed by atoms with Gasteiger partial charge in [0, 0.05) is 0 Å². The van der Waals surface area contributed by atoms with Crippen LogP contribution < -0.4 is 5.32 Å². The molecule has 0 spiro atoms. The largest absolute Gasteiger partial charge is 0.508 e. The highest BCUT2D eigenvalue weighted by Crippen LogP contribution is 2.11. The van der Waals surface area contributed by atoms with Gasteiger partial charge in [-0.25, -0.2) is 0 Å². The number of aldehydes is 1. The molecule has 0 aliphatic heterocycles. The molecule has 0 radical (unpaired) electrons. The molecule has 3 nitrogen and oxygen atoms in total. The van der Waals surface area contributed by atoms with Gasteiger partial charge in [0.15, 0.2) is 0 Å². The predicted molar refractivity (Wildman–Crippen MR) is 66.7 cm³/mol. The molecule has 0 fully saturated rings. The molecule has 0 aliphatic carbocycles. The lowest BCUT2D eigenvalue weighted by Crippen LogP contribution is -2.26. The highest BCUT2D eigenvalue weighted by Gasteiger charge is 2.03. The van der Waals surface area contributed by atoms with Gasteiger partial charge in [0.1, 0.15) is 12.0 Å². The van der Waals surface area contributed by atoms with Crippen LogP contribution in [0.3, 0.4) is 0 Å². The highest BCUT2D eigenvalue weighted by molar-refractivity contribution is 5.57. The second-order valence-electron chi connectivity index (χ2n) is 3.24. The lowest BCUT2D eigenvalue weighted by atomic mass is 10.1. The number of rotatable bonds is 5. The molecule has 0 saturated heterocycles. The molecule has 16 heavy (non-hydrogen) atoms. The Morgan fingerprint density at radius 2 is 1.88 bits per heavy atom. The van der Waals surface area contributed by atoms with Crippen molar-refractivity contribution in [3.63, 3.8) is 0 Å². The molecule has 0 aliphatic rings. The zero-order valence-electron chi connectivity index (χ0n) is 10.2. The summed E-state index contributed by atoms with van der Waals surface area (Å²) in [6.07, 6.45) is 2.54. The van der Waals surface area contributed by atoms with Crippen LogP contribution in [0.5, 0.6) is 5.75 Å². The standard InChI is InChI=1S/C11H15NO2.C2H6/c1-12-10(8-13)5-2-9-3-6-11(14)7-4-9;1-2/h3-4,6-8,10,12,14H,2,5H2,1H3;1-2H3/t10-;/m0./s1. The van der Waals surface area contributed by atoms with E-state index in [4.69, 9.17) is 5.11 Å². The van der Waals surface area contributed by atoms with Gasteiger partial charge in [-0.1, -0.05) is 26.0 Å². The van der Waals surface area contributed by atoms with E-state index in [2.05, 4.69) is 5.32 Å². The summed E-state index contributed by atoms with van der Waals surface area (Å²) in [5.74, 6) is 0.273. The number of hydrogen-bond donors (Lipinski definition) is 2. The molecule has 90 valence electrons. The Morgan fingerprint density at radius 1 is 1.31 bits per heavy atom. The second kappa shape index (κ2) is 8.92. The molecular formula is C13H21NO2. The molecule has 1 aromatic carbocycles. The van der Waals surface area contributed by atoms with E-state index >= 15 is 0 Å². The number of hydrogen-bond acceptors (Lipinski definition) is 3. The van der Waals surface area contributed by atoms with E-state index < -0.39 is 0 Å². The number of phenolic OH excluding ortho intramolecular Hbond substituents is 1. The summed E-state index contributed by atoms with van der Waals surface area (Å²) < 4.78 is 0. The van der Waals surface area contributed by atoms with Gasteiger partial charge in [-0.3, -0.25) is 0 Å².